The highest BCUT2D eigenvalue weighted by Gasteiger charge is 2.43. The van der Waals surface area contributed by atoms with Crippen LogP contribution >= 0.6 is 11.8 Å². The number of rotatable bonds is 6. The van der Waals surface area contributed by atoms with Crippen LogP contribution in [-0.2, 0) is 14.3 Å². The molecule has 1 saturated heterocycles. The number of carbonyl (C=O) groups is 3. The van der Waals surface area contributed by atoms with Crippen molar-refractivity contribution in [2.75, 3.05) is 12.4 Å². The van der Waals surface area contributed by atoms with Crippen molar-refractivity contribution in [3.05, 3.63) is 47.2 Å². The molecule has 1 aliphatic carbocycles. The zero-order valence-electron chi connectivity index (χ0n) is 16.7. The van der Waals surface area contributed by atoms with Crippen LogP contribution in [-0.4, -0.2) is 45.5 Å². The summed E-state index contributed by atoms with van der Waals surface area (Å²) in [7, 11) is 0. The molecule has 2 atom stereocenters. The Kier molecular flexibility index (Phi) is 5.29. The summed E-state index contributed by atoms with van der Waals surface area (Å²) < 4.78 is 12.9. The van der Waals surface area contributed by atoms with Gasteiger partial charge in [0.25, 0.3) is 0 Å². The molecule has 0 unspecified atom stereocenters. The lowest BCUT2D eigenvalue weighted by Gasteiger charge is -2.25. The van der Waals surface area contributed by atoms with E-state index in [9.17, 15) is 14.4 Å². The first-order chi connectivity index (χ1) is 13.9. The third-order valence-electron chi connectivity index (χ3n) is 5.46. The van der Waals surface area contributed by atoms with Crippen molar-refractivity contribution >= 4 is 29.4 Å². The summed E-state index contributed by atoms with van der Waals surface area (Å²) in [5.41, 5.74) is 2.57. The average Bonchev–Trinajstić information content (AvgIpc) is 3.10. The molecule has 0 N–H and O–H groups in total. The smallest absolute Gasteiger partial charge is 0.330 e. The van der Waals surface area contributed by atoms with Crippen molar-refractivity contribution in [2.45, 2.75) is 51.1 Å². The molecule has 0 radical (unpaired) electrons. The Morgan fingerprint density at radius 3 is 2.66 bits per heavy atom. The minimum atomic E-state index is -0.737. The van der Waals surface area contributed by atoms with Gasteiger partial charge in [0, 0.05) is 35.7 Å². The third-order valence-corrected chi connectivity index (χ3v) is 6.75. The second kappa shape index (κ2) is 7.74. The van der Waals surface area contributed by atoms with E-state index in [4.69, 9.17) is 9.15 Å². The molecule has 2 aromatic rings. The van der Waals surface area contributed by atoms with Crippen LogP contribution in [0.3, 0.4) is 0 Å². The van der Waals surface area contributed by atoms with E-state index < -0.39 is 12.0 Å². The number of aryl methyl sites for hydroxylation is 1. The molecular weight excluding hydrogens is 392 g/mol. The number of furan rings is 1. The average molecular weight is 416 g/mol. The molecule has 2 aromatic heterocycles. The number of esters is 1. The quantitative estimate of drug-likeness (QED) is 0.530. The molecule has 7 nitrogen and oxygen atoms in total. The maximum Gasteiger partial charge on any atom is 0.330 e. The normalized spacial score (nSPS) is 21.4. The van der Waals surface area contributed by atoms with Gasteiger partial charge in [-0.1, -0.05) is 0 Å². The second-order valence-corrected chi connectivity index (χ2v) is 8.67. The molecule has 2 fully saturated rings. The number of thioether (sulfide) groups is 1. The number of amides is 1. The van der Waals surface area contributed by atoms with E-state index >= 15 is 0 Å². The summed E-state index contributed by atoms with van der Waals surface area (Å²) >= 11 is 1.44. The second-order valence-electron chi connectivity index (χ2n) is 7.56. The minimum absolute atomic E-state index is 0.221. The van der Waals surface area contributed by atoms with Gasteiger partial charge in [0.15, 0.2) is 6.61 Å². The molecule has 8 heteroatoms. The van der Waals surface area contributed by atoms with Crippen molar-refractivity contribution in [1.29, 1.82) is 0 Å². The molecule has 3 heterocycles. The van der Waals surface area contributed by atoms with Gasteiger partial charge in [0.05, 0.1) is 6.26 Å². The van der Waals surface area contributed by atoms with Gasteiger partial charge in [-0.15, -0.1) is 11.8 Å². The number of Topliss-reactive ketones (excluding diaryl/α,β-unsaturated/α-hetero) is 1. The van der Waals surface area contributed by atoms with E-state index in [1.54, 1.807) is 12.1 Å². The van der Waals surface area contributed by atoms with Crippen molar-refractivity contribution in [1.82, 2.24) is 9.47 Å². The fraction of sp³-hybridized carbons (Fsp3) is 0.476. The topological polar surface area (TPSA) is 81.8 Å². The predicted molar refractivity (Wildman–Crippen MR) is 108 cm³/mol. The third kappa shape index (κ3) is 3.73. The number of ketones is 1. The number of carbonyl (C=O) groups excluding carboxylic acids is 3. The van der Waals surface area contributed by atoms with Crippen LogP contribution in [0.1, 0.15) is 58.7 Å². The minimum Gasteiger partial charge on any atom is -0.466 e. The SMILES string of the molecule is CC(=O)N1[C@@H](C(=O)OCC(=O)c2cc(C)n(C3CC3)c2C)CS[C@H]1c1ccco1. The monoisotopic (exact) mass is 416 g/mol. The molecule has 4 rings (SSSR count). The van der Waals surface area contributed by atoms with Crippen LogP contribution in [0.25, 0.3) is 0 Å². The van der Waals surface area contributed by atoms with Gasteiger partial charge in [-0.2, -0.15) is 0 Å². The molecule has 154 valence electrons. The van der Waals surface area contributed by atoms with Gasteiger partial charge in [-0.05, 0) is 44.9 Å². The summed E-state index contributed by atoms with van der Waals surface area (Å²) in [6.07, 6.45) is 3.81. The number of aromatic nitrogens is 1. The van der Waals surface area contributed by atoms with E-state index in [1.165, 1.54) is 29.8 Å². The first-order valence-corrected chi connectivity index (χ1v) is 10.8. The Morgan fingerprint density at radius 1 is 1.28 bits per heavy atom. The Labute approximate surface area is 173 Å². The van der Waals surface area contributed by atoms with Crippen LogP contribution in [0, 0.1) is 13.8 Å². The lowest BCUT2D eigenvalue weighted by Crippen LogP contribution is -2.43. The lowest BCUT2D eigenvalue weighted by atomic mass is 10.1. The summed E-state index contributed by atoms with van der Waals surface area (Å²) in [6.45, 7) is 5.01. The Balaban J connectivity index is 1.42. The van der Waals surface area contributed by atoms with Gasteiger partial charge < -0.3 is 18.6 Å². The first-order valence-electron chi connectivity index (χ1n) is 9.70. The maximum absolute atomic E-state index is 12.7. The van der Waals surface area contributed by atoms with Gasteiger partial charge in [-0.25, -0.2) is 4.79 Å². The summed E-state index contributed by atoms with van der Waals surface area (Å²) in [5.74, 6) is -0.0115. The summed E-state index contributed by atoms with van der Waals surface area (Å²) in [4.78, 5) is 39.0. The Hall–Kier alpha value is -2.48. The van der Waals surface area contributed by atoms with Crippen molar-refractivity contribution in [2.24, 2.45) is 0 Å². The molecule has 1 amide bonds. The lowest BCUT2D eigenvalue weighted by molar-refractivity contribution is -0.152. The molecule has 1 aliphatic heterocycles. The van der Waals surface area contributed by atoms with Crippen molar-refractivity contribution in [3.63, 3.8) is 0 Å². The molecule has 0 bridgehead atoms. The molecule has 29 heavy (non-hydrogen) atoms. The van der Waals surface area contributed by atoms with Crippen LogP contribution in [0.5, 0.6) is 0 Å². The van der Waals surface area contributed by atoms with Gasteiger partial charge in [0.2, 0.25) is 11.7 Å². The molecule has 0 aromatic carbocycles. The van der Waals surface area contributed by atoms with Crippen molar-refractivity contribution in [3.8, 4) is 0 Å². The van der Waals surface area contributed by atoms with Crippen LogP contribution < -0.4 is 0 Å². The number of hydrogen-bond donors (Lipinski definition) is 0. The van der Waals surface area contributed by atoms with E-state index in [0.717, 1.165) is 24.2 Å². The highest BCUT2D eigenvalue weighted by atomic mass is 32.2. The van der Waals surface area contributed by atoms with Crippen LogP contribution in [0.15, 0.2) is 28.9 Å². The summed E-state index contributed by atoms with van der Waals surface area (Å²) in [6, 6.07) is 5.14. The fourth-order valence-corrected chi connectivity index (χ4v) is 5.40. The van der Waals surface area contributed by atoms with E-state index in [1.807, 2.05) is 19.9 Å². The highest BCUT2D eigenvalue weighted by molar-refractivity contribution is 7.99. The van der Waals surface area contributed by atoms with Crippen molar-refractivity contribution < 1.29 is 23.5 Å². The largest absolute Gasteiger partial charge is 0.466 e. The molecule has 2 aliphatic rings. The zero-order valence-corrected chi connectivity index (χ0v) is 17.5. The molecule has 0 spiro atoms. The Bertz CT molecular complexity index is 945. The Morgan fingerprint density at radius 2 is 2.03 bits per heavy atom. The number of hydrogen-bond acceptors (Lipinski definition) is 6. The molecular formula is C21H24N2O5S. The highest BCUT2D eigenvalue weighted by Crippen LogP contribution is 2.42. The van der Waals surface area contributed by atoms with E-state index in [0.29, 0.717) is 23.1 Å². The fourth-order valence-electron chi connectivity index (χ4n) is 3.99. The van der Waals surface area contributed by atoms with Crippen LogP contribution in [0.4, 0.5) is 0 Å². The molecule has 1 saturated carbocycles. The zero-order chi connectivity index (χ0) is 20.7. The van der Waals surface area contributed by atoms with E-state index in [2.05, 4.69) is 4.57 Å². The standard InChI is InChI=1S/C21H24N2O5S/c1-12-9-16(13(2)22(12)15-6-7-15)18(25)10-28-21(26)17-11-29-20(23(17)14(3)24)19-5-4-8-27-19/h4-5,8-9,15,17,20H,6-7,10-11H2,1-3H3/t17-,20+/m1/s1. The predicted octanol–water partition coefficient (Wildman–Crippen LogP) is 3.42. The first kappa shape index (κ1) is 19.8. The number of ether oxygens (including phenoxy) is 1. The van der Waals surface area contributed by atoms with Gasteiger partial charge in [-0.3, -0.25) is 9.59 Å². The summed E-state index contributed by atoms with van der Waals surface area (Å²) in [5, 5.41) is -0.367. The van der Waals surface area contributed by atoms with E-state index in [-0.39, 0.29) is 23.7 Å². The maximum atomic E-state index is 12.7. The van der Waals surface area contributed by atoms with Gasteiger partial charge >= 0.3 is 5.97 Å². The van der Waals surface area contributed by atoms with Gasteiger partial charge in [0.1, 0.15) is 17.2 Å². The van der Waals surface area contributed by atoms with Crippen LogP contribution in [0.2, 0.25) is 0 Å². The number of nitrogens with zero attached hydrogens (tertiary/aromatic N) is 2.